The first-order valence-electron chi connectivity index (χ1n) is 9.43. The lowest BCUT2D eigenvalue weighted by Crippen LogP contribution is -2.22. The SMILES string of the molecule is Cc1ccc(-n2nc(C)c(NC(=O)COC(=O)c3ccc(C)cc3C)c2C)cc1. The van der Waals surface area contributed by atoms with E-state index in [9.17, 15) is 9.59 Å². The molecule has 0 saturated heterocycles. The Morgan fingerprint density at radius 1 is 0.966 bits per heavy atom. The van der Waals surface area contributed by atoms with Crippen LogP contribution in [0.1, 0.15) is 38.4 Å². The van der Waals surface area contributed by atoms with Gasteiger partial charge in [0, 0.05) is 0 Å². The fraction of sp³-hybridized carbons (Fsp3) is 0.261. The van der Waals surface area contributed by atoms with E-state index in [1.54, 1.807) is 10.7 Å². The largest absolute Gasteiger partial charge is 0.452 e. The zero-order valence-electron chi connectivity index (χ0n) is 17.4. The first-order valence-corrected chi connectivity index (χ1v) is 9.43. The Labute approximate surface area is 170 Å². The molecule has 6 heteroatoms. The summed E-state index contributed by atoms with van der Waals surface area (Å²) in [7, 11) is 0. The van der Waals surface area contributed by atoms with Crippen LogP contribution in [-0.4, -0.2) is 28.3 Å². The van der Waals surface area contributed by atoms with Crippen molar-refractivity contribution in [3.63, 3.8) is 0 Å². The van der Waals surface area contributed by atoms with Gasteiger partial charge in [-0.25, -0.2) is 9.48 Å². The van der Waals surface area contributed by atoms with Crippen LogP contribution in [0.3, 0.4) is 0 Å². The zero-order chi connectivity index (χ0) is 21.1. The van der Waals surface area contributed by atoms with Crippen molar-refractivity contribution in [2.24, 2.45) is 0 Å². The van der Waals surface area contributed by atoms with E-state index in [1.165, 1.54) is 0 Å². The normalized spacial score (nSPS) is 10.7. The van der Waals surface area contributed by atoms with Crippen LogP contribution in [0.2, 0.25) is 0 Å². The number of carbonyl (C=O) groups excluding carboxylic acids is 2. The van der Waals surface area contributed by atoms with E-state index < -0.39 is 11.9 Å². The van der Waals surface area contributed by atoms with Crippen LogP contribution in [0.15, 0.2) is 42.5 Å². The first-order chi connectivity index (χ1) is 13.8. The standard InChI is InChI=1S/C23H25N3O3/c1-14-6-9-19(10-7-14)26-18(5)22(17(4)25-26)24-21(27)13-29-23(28)20-11-8-15(2)12-16(20)3/h6-12H,13H2,1-5H3,(H,24,27). The molecule has 3 rings (SSSR count). The zero-order valence-corrected chi connectivity index (χ0v) is 17.4. The molecule has 1 N–H and O–H groups in total. The third-order valence-corrected chi connectivity index (χ3v) is 4.77. The summed E-state index contributed by atoms with van der Waals surface area (Å²) in [6.07, 6.45) is 0. The second-order valence-corrected chi connectivity index (χ2v) is 7.24. The van der Waals surface area contributed by atoms with Crippen molar-refractivity contribution in [3.05, 3.63) is 76.1 Å². The molecule has 1 amide bonds. The molecule has 0 fully saturated rings. The molecular formula is C23H25N3O3. The van der Waals surface area contributed by atoms with Gasteiger partial charge in [-0.1, -0.05) is 35.4 Å². The predicted molar refractivity (Wildman–Crippen MR) is 113 cm³/mol. The quantitative estimate of drug-likeness (QED) is 0.661. The highest BCUT2D eigenvalue weighted by atomic mass is 16.5. The van der Waals surface area contributed by atoms with Crippen molar-refractivity contribution >= 4 is 17.6 Å². The molecule has 150 valence electrons. The molecule has 0 aliphatic carbocycles. The van der Waals surface area contributed by atoms with Crippen molar-refractivity contribution < 1.29 is 14.3 Å². The number of benzene rings is 2. The van der Waals surface area contributed by atoms with Gasteiger partial charge >= 0.3 is 5.97 Å². The molecule has 3 aromatic rings. The van der Waals surface area contributed by atoms with Gasteiger partial charge in [-0.05, 0) is 58.4 Å². The smallest absolute Gasteiger partial charge is 0.338 e. The predicted octanol–water partition coefficient (Wildman–Crippen LogP) is 4.21. The highest BCUT2D eigenvalue weighted by Gasteiger charge is 2.17. The van der Waals surface area contributed by atoms with E-state index in [-0.39, 0.29) is 6.61 Å². The van der Waals surface area contributed by atoms with Crippen LogP contribution < -0.4 is 5.32 Å². The number of aromatic nitrogens is 2. The lowest BCUT2D eigenvalue weighted by atomic mass is 10.1. The summed E-state index contributed by atoms with van der Waals surface area (Å²) in [5.74, 6) is -0.917. The Morgan fingerprint density at radius 3 is 2.28 bits per heavy atom. The highest BCUT2D eigenvalue weighted by Crippen LogP contribution is 2.23. The number of nitrogens with zero attached hydrogens (tertiary/aromatic N) is 2. The lowest BCUT2D eigenvalue weighted by Gasteiger charge is -2.09. The molecule has 0 aliphatic rings. The van der Waals surface area contributed by atoms with Gasteiger partial charge < -0.3 is 10.1 Å². The molecule has 29 heavy (non-hydrogen) atoms. The molecule has 0 bridgehead atoms. The maximum absolute atomic E-state index is 12.4. The molecular weight excluding hydrogens is 366 g/mol. The average Bonchev–Trinajstić information content (AvgIpc) is 2.95. The topological polar surface area (TPSA) is 73.2 Å². The molecule has 1 aromatic heterocycles. The van der Waals surface area contributed by atoms with Crippen molar-refractivity contribution in [3.8, 4) is 5.69 Å². The highest BCUT2D eigenvalue weighted by molar-refractivity contribution is 5.96. The van der Waals surface area contributed by atoms with Gasteiger partial charge in [-0.15, -0.1) is 0 Å². The third-order valence-electron chi connectivity index (χ3n) is 4.77. The summed E-state index contributed by atoms with van der Waals surface area (Å²) in [6, 6.07) is 13.4. The monoisotopic (exact) mass is 391 g/mol. The number of anilines is 1. The maximum atomic E-state index is 12.4. The molecule has 0 spiro atoms. The molecule has 6 nitrogen and oxygen atoms in total. The molecule has 1 heterocycles. The minimum atomic E-state index is -0.513. The molecule has 0 aliphatic heterocycles. The van der Waals surface area contributed by atoms with E-state index >= 15 is 0 Å². The second-order valence-electron chi connectivity index (χ2n) is 7.24. The van der Waals surface area contributed by atoms with Crippen molar-refractivity contribution in [1.82, 2.24) is 9.78 Å². The van der Waals surface area contributed by atoms with Gasteiger partial charge in [0.2, 0.25) is 0 Å². The molecule has 0 unspecified atom stereocenters. The van der Waals surface area contributed by atoms with E-state index in [4.69, 9.17) is 4.74 Å². The average molecular weight is 391 g/mol. The first kappa shape index (κ1) is 20.3. The second kappa shape index (κ2) is 8.31. The van der Waals surface area contributed by atoms with Crippen LogP contribution in [0.25, 0.3) is 5.69 Å². The number of aryl methyl sites for hydroxylation is 4. The molecule has 2 aromatic carbocycles. The summed E-state index contributed by atoms with van der Waals surface area (Å²) in [6.45, 7) is 9.18. The van der Waals surface area contributed by atoms with E-state index in [1.807, 2.05) is 71.0 Å². The van der Waals surface area contributed by atoms with Gasteiger partial charge in [-0.3, -0.25) is 4.79 Å². The van der Waals surface area contributed by atoms with Crippen molar-refractivity contribution in [2.45, 2.75) is 34.6 Å². The van der Waals surface area contributed by atoms with Gasteiger partial charge in [0.15, 0.2) is 6.61 Å². The molecule has 0 radical (unpaired) electrons. The van der Waals surface area contributed by atoms with E-state index in [2.05, 4.69) is 10.4 Å². The Bertz CT molecular complexity index is 1070. The number of hydrogen-bond donors (Lipinski definition) is 1. The Hall–Kier alpha value is -3.41. The Kier molecular flexibility index (Phi) is 5.82. The van der Waals surface area contributed by atoms with Crippen molar-refractivity contribution in [2.75, 3.05) is 11.9 Å². The summed E-state index contributed by atoms with van der Waals surface area (Å²) >= 11 is 0. The number of amides is 1. The van der Waals surface area contributed by atoms with E-state index in [0.29, 0.717) is 16.9 Å². The summed E-state index contributed by atoms with van der Waals surface area (Å²) in [5, 5.41) is 7.33. The van der Waals surface area contributed by atoms with Gasteiger partial charge in [-0.2, -0.15) is 5.10 Å². The van der Waals surface area contributed by atoms with Crippen LogP contribution in [-0.2, 0) is 9.53 Å². The molecule has 0 saturated carbocycles. The van der Waals surface area contributed by atoms with Gasteiger partial charge in [0.25, 0.3) is 5.91 Å². The van der Waals surface area contributed by atoms with Crippen LogP contribution in [0.5, 0.6) is 0 Å². The number of nitrogens with one attached hydrogen (secondary N) is 1. The number of carbonyl (C=O) groups is 2. The number of ether oxygens (including phenoxy) is 1. The summed E-state index contributed by atoms with van der Waals surface area (Å²) in [5.41, 5.74) is 6.54. The van der Waals surface area contributed by atoms with Crippen molar-refractivity contribution in [1.29, 1.82) is 0 Å². The third kappa shape index (κ3) is 4.54. The summed E-state index contributed by atoms with van der Waals surface area (Å²) in [4.78, 5) is 24.6. The van der Waals surface area contributed by atoms with Crippen LogP contribution in [0, 0.1) is 34.6 Å². The minimum absolute atomic E-state index is 0.360. The maximum Gasteiger partial charge on any atom is 0.338 e. The van der Waals surface area contributed by atoms with Crippen LogP contribution in [0.4, 0.5) is 5.69 Å². The Morgan fingerprint density at radius 2 is 1.62 bits per heavy atom. The van der Waals surface area contributed by atoms with Crippen LogP contribution >= 0.6 is 0 Å². The van der Waals surface area contributed by atoms with Gasteiger partial charge in [0.05, 0.1) is 28.3 Å². The molecule has 0 atom stereocenters. The minimum Gasteiger partial charge on any atom is -0.452 e. The number of rotatable bonds is 5. The fourth-order valence-electron chi connectivity index (χ4n) is 3.19. The van der Waals surface area contributed by atoms with E-state index in [0.717, 1.165) is 28.1 Å². The fourth-order valence-corrected chi connectivity index (χ4v) is 3.19. The van der Waals surface area contributed by atoms with Gasteiger partial charge in [0.1, 0.15) is 0 Å². The summed E-state index contributed by atoms with van der Waals surface area (Å²) < 4.78 is 6.97. The number of esters is 1. The number of hydrogen-bond acceptors (Lipinski definition) is 4. The lowest BCUT2D eigenvalue weighted by molar-refractivity contribution is -0.119. The Balaban J connectivity index is 1.68.